The van der Waals surface area contributed by atoms with E-state index in [0.29, 0.717) is 12.0 Å². The summed E-state index contributed by atoms with van der Waals surface area (Å²) in [6, 6.07) is 10.7. The Hall–Kier alpha value is -0.510. The van der Waals surface area contributed by atoms with E-state index in [-0.39, 0.29) is 0 Å². The van der Waals surface area contributed by atoms with E-state index in [1.807, 2.05) is 7.11 Å². The zero-order chi connectivity index (χ0) is 12.1. The van der Waals surface area contributed by atoms with Gasteiger partial charge in [0.05, 0.1) is 6.10 Å². The number of ether oxygens (including phenoxy) is 1. The van der Waals surface area contributed by atoms with Crippen LogP contribution < -0.4 is 0 Å². The summed E-state index contributed by atoms with van der Waals surface area (Å²) in [4.78, 5) is 2.49. The minimum absolute atomic E-state index is 0.423. The number of benzene rings is 1. The van der Waals surface area contributed by atoms with Crippen LogP contribution in [0.3, 0.4) is 0 Å². The summed E-state index contributed by atoms with van der Waals surface area (Å²) < 4.78 is 5.40. The number of methoxy groups -OCH3 is 1. The fraction of sp³-hybridized carbons (Fsp3) is 0.571. The highest BCUT2D eigenvalue weighted by Crippen LogP contribution is 2.21. The summed E-state index contributed by atoms with van der Waals surface area (Å²) in [5.41, 5.74) is 1.39. The minimum atomic E-state index is 0.423. The van der Waals surface area contributed by atoms with Gasteiger partial charge in [-0.05, 0) is 17.7 Å². The van der Waals surface area contributed by atoms with Gasteiger partial charge >= 0.3 is 0 Å². The Balaban J connectivity index is 1.92. The average Bonchev–Trinajstić information content (AvgIpc) is 2.84. The number of hydrogen-bond acceptors (Lipinski definition) is 3. The van der Waals surface area contributed by atoms with E-state index in [2.05, 4.69) is 47.9 Å². The van der Waals surface area contributed by atoms with Gasteiger partial charge in [-0.15, -0.1) is 0 Å². The van der Waals surface area contributed by atoms with Crippen molar-refractivity contribution < 1.29 is 4.74 Å². The van der Waals surface area contributed by atoms with E-state index >= 15 is 0 Å². The summed E-state index contributed by atoms with van der Waals surface area (Å²) in [6.07, 6.45) is 1.58. The van der Waals surface area contributed by atoms with Crippen LogP contribution in [0, 0.1) is 0 Å². The van der Waals surface area contributed by atoms with Crippen molar-refractivity contribution in [1.82, 2.24) is 4.90 Å². The van der Waals surface area contributed by atoms with Gasteiger partial charge in [-0.2, -0.15) is 12.6 Å². The van der Waals surface area contributed by atoms with E-state index in [4.69, 9.17) is 4.74 Å². The molecule has 2 unspecified atom stereocenters. The Morgan fingerprint density at radius 1 is 1.41 bits per heavy atom. The number of likely N-dealkylation sites (tertiary alicyclic amines) is 1. The quantitative estimate of drug-likeness (QED) is 0.807. The largest absolute Gasteiger partial charge is 0.380 e. The zero-order valence-electron chi connectivity index (χ0n) is 10.4. The molecule has 0 amide bonds. The Bertz CT molecular complexity index is 330. The number of rotatable bonds is 5. The second kappa shape index (κ2) is 6.43. The molecule has 1 fully saturated rings. The van der Waals surface area contributed by atoms with Gasteiger partial charge in [0.2, 0.25) is 0 Å². The molecular formula is C14H21NOS. The van der Waals surface area contributed by atoms with Crippen LogP contribution in [0.5, 0.6) is 0 Å². The lowest BCUT2D eigenvalue weighted by molar-refractivity contribution is 0.107. The molecule has 2 rings (SSSR count). The van der Waals surface area contributed by atoms with Gasteiger partial charge in [0.15, 0.2) is 0 Å². The molecule has 3 heteroatoms. The van der Waals surface area contributed by atoms with E-state index in [1.54, 1.807) is 0 Å². The molecule has 1 saturated heterocycles. The van der Waals surface area contributed by atoms with Crippen LogP contribution >= 0.6 is 12.6 Å². The first-order valence-electron chi connectivity index (χ1n) is 6.24. The highest BCUT2D eigenvalue weighted by Gasteiger charge is 2.24. The van der Waals surface area contributed by atoms with Crippen LogP contribution in [-0.2, 0) is 4.74 Å². The number of thiol groups is 1. The lowest BCUT2D eigenvalue weighted by Crippen LogP contribution is -2.28. The predicted octanol–water partition coefficient (Wildman–Crippen LogP) is 2.42. The first-order chi connectivity index (χ1) is 8.33. The molecule has 1 aromatic rings. The first-order valence-corrected chi connectivity index (χ1v) is 6.87. The maximum Gasteiger partial charge on any atom is 0.0710 e. The molecule has 0 spiro atoms. The third-order valence-corrected chi connectivity index (χ3v) is 3.97. The lowest BCUT2D eigenvalue weighted by Gasteiger charge is -2.22. The fourth-order valence-corrected chi connectivity index (χ4v) is 2.79. The molecule has 1 aliphatic heterocycles. The Morgan fingerprint density at radius 2 is 2.18 bits per heavy atom. The van der Waals surface area contributed by atoms with Crippen LogP contribution in [-0.4, -0.2) is 43.5 Å². The van der Waals surface area contributed by atoms with E-state index in [9.17, 15) is 0 Å². The van der Waals surface area contributed by atoms with Crippen molar-refractivity contribution in [3.8, 4) is 0 Å². The summed E-state index contributed by atoms with van der Waals surface area (Å²) >= 11 is 4.49. The topological polar surface area (TPSA) is 12.5 Å². The molecule has 2 atom stereocenters. The molecular weight excluding hydrogens is 230 g/mol. The van der Waals surface area contributed by atoms with Crippen molar-refractivity contribution in [2.24, 2.45) is 0 Å². The smallest absolute Gasteiger partial charge is 0.0710 e. The minimum Gasteiger partial charge on any atom is -0.380 e. The van der Waals surface area contributed by atoms with Crippen molar-refractivity contribution in [3.05, 3.63) is 35.9 Å². The van der Waals surface area contributed by atoms with Crippen LogP contribution in [0.25, 0.3) is 0 Å². The molecule has 0 saturated carbocycles. The maximum atomic E-state index is 5.40. The molecule has 0 bridgehead atoms. The number of nitrogens with zero attached hydrogens (tertiary/aromatic N) is 1. The van der Waals surface area contributed by atoms with Gasteiger partial charge in [-0.3, -0.25) is 0 Å². The Morgan fingerprint density at radius 3 is 2.76 bits per heavy atom. The normalized spacial score (nSPS) is 22.8. The summed E-state index contributed by atoms with van der Waals surface area (Å²) in [5, 5.41) is 0. The molecule has 0 N–H and O–H groups in total. The SMILES string of the molecule is COC1CCN(CC(CS)c2ccccc2)C1. The standard InChI is InChI=1S/C14H21NOS/c1-16-14-7-8-15(10-14)9-13(11-17)12-5-3-2-4-6-12/h2-6,13-14,17H,7-11H2,1H3. The van der Waals surface area contributed by atoms with Crippen molar-refractivity contribution in [3.63, 3.8) is 0 Å². The van der Waals surface area contributed by atoms with Gasteiger partial charge < -0.3 is 9.64 Å². The molecule has 1 aromatic carbocycles. The van der Waals surface area contributed by atoms with E-state index in [0.717, 1.165) is 31.8 Å². The fourth-order valence-electron chi connectivity index (χ4n) is 2.46. The molecule has 0 aliphatic carbocycles. The van der Waals surface area contributed by atoms with Gasteiger partial charge in [-0.1, -0.05) is 30.3 Å². The molecule has 0 aromatic heterocycles. The van der Waals surface area contributed by atoms with Crippen LogP contribution in [0.1, 0.15) is 17.9 Å². The lowest BCUT2D eigenvalue weighted by atomic mass is 10.0. The second-order valence-corrected chi connectivity index (χ2v) is 5.06. The van der Waals surface area contributed by atoms with Gasteiger partial charge in [0.25, 0.3) is 0 Å². The van der Waals surface area contributed by atoms with E-state index < -0.39 is 0 Å². The van der Waals surface area contributed by atoms with E-state index in [1.165, 1.54) is 5.56 Å². The molecule has 94 valence electrons. The summed E-state index contributed by atoms with van der Waals surface area (Å²) in [6.45, 7) is 3.30. The van der Waals surface area contributed by atoms with Gasteiger partial charge in [0.1, 0.15) is 0 Å². The highest BCUT2D eigenvalue weighted by molar-refractivity contribution is 7.80. The first kappa shape index (κ1) is 12.9. The third-order valence-electron chi connectivity index (χ3n) is 3.53. The van der Waals surface area contributed by atoms with Gasteiger partial charge in [0, 0.05) is 32.7 Å². The second-order valence-electron chi connectivity index (χ2n) is 4.70. The third kappa shape index (κ3) is 3.47. The molecule has 2 nitrogen and oxygen atoms in total. The highest BCUT2D eigenvalue weighted by atomic mass is 32.1. The maximum absolute atomic E-state index is 5.40. The number of hydrogen-bond donors (Lipinski definition) is 1. The summed E-state index contributed by atoms with van der Waals surface area (Å²) in [5.74, 6) is 1.42. The summed E-state index contributed by atoms with van der Waals surface area (Å²) in [7, 11) is 1.81. The molecule has 17 heavy (non-hydrogen) atoms. The molecule has 1 aliphatic rings. The Kier molecular flexibility index (Phi) is 4.89. The van der Waals surface area contributed by atoms with Crippen LogP contribution in [0.2, 0.25) is 0 Å². The predicted molar refractivity (Wildman–Crippen MR) is 74.9 cm³/mol. The van der Waals surface area contributed by atoms with Crippen LogP contribution in [0.15, 0.2) is 30.3 Å². The van der Waals surface area contributed by atoms with Gasteiger partial charge in [-0.25, -0.2) is 0 Å². The zero-order valence-corrected chi connectivity index (χ0v) is 11.3. The Labute approximate surface area is 109 Å². The van der Waals surface area contributed by atoms with Crippen molar-refractivity contribution in [1.29, 1.82) is 0 Å². The van der Waals surface area contributed by atoms with Crippen molar-refractivity contribution in [2.75, 3.05) is 32.5 Å². The van der Waals surface area contributed by atoms with Crippen molar-refractivity contribution >= 4 is 12.6 Å². The average molecular weight is 251 g/mol. The molecule has 0 radical (unpaired) electrons. The van der Waals surface area contributed by atoms with Crippen molar-refractivity contribution in [2.45, 2.75) is 18.4 Å². The monoisotopic (exact) mass is 251 g/mol. The van der Waals surface area contributed by atoms with Crippen LogP contribution in [0.4, 0.5) is 0 Å². The molecule has 1 heterocycles.